The highest BCUT2D eigenvalue weighted by Gasteiger charge is 2.38. The van der Waals surface area contributed by atoms with E-state index in [0.29, 0.717) is 30.6 Å². The van der Waals surface area contributed by atoms with Crippen molar-refractivity contribution in [3.63, 3.8) is 0 Å². The second-order valence-corrected chi connectivity index (χ2v) is 7.95. The average molecular weight is 480 g/mol. The quantitative estimate of drug-likeness (QED) is 0.445. The minimum absolute atomic E-state index is 0.175. The van der Waals surface area contributed by atoms with Gasteiger partial charge in [-0.25, -0.2) is 8.78 Å². The SMILES string of the molecule is Fc1cc(OC(F)(F)c2ccc(C3OCC(C4CCC4)CO3)cc2)cc(F)c1OC(F)(F)F. The molecule has 0 amide bonds. The van der Waals surface area contributed by atoms with Gasteiger partial charge in [-0.3, -0.25) is 0 Å². The molecule has 0 bridgehead atoms. The Morgan fingerprint density at radius 1 is 0.788 bits per heavy atom. The minimum atomic E-state index is -5.36. The summed E-state index contributed by atoms with van der Waals surface area (Å²) in [5.74, 6) is -5.57. The number of ether oxygens (including phenoxy) is 4. The topological polar surface area (TPSA) is 36.9 Å². The van der Waals surface area contributed by atoms with Crippen molar-refractivity contribution >= 4 is 0 Å². The molecule has 0 N–H and O–H groups in total. The maximum atomic E-state index is 14.5. The van der Waals surface area contributed by atoms with Crippen molar-refractivity contribution in [3.8, 4) is 11.5 Å². The van der Waals surface area contributed by atoms with Crippen molar-refractivity contribution in [1.82, 2.24) is 0 Å². The summed E-state index contributed by atoms with van der Waals surface area (Å²) in [5.41, 5.74) is -0.141. The third-order valence-corrected chi connectivity index (χ3v) is 5.69. The van der Waals surface area contributed by atoms with Crippen molar-refractivity contribution in [1.29, 1.82) is 0 Å². The average Bonchev–Trinajstić information content (AvgIpc) is 2.69. The molecule has 0 spiro atoms. The van der Waals surface area contributed by atoms with Crippen LogP contribution in [0, 0.1) is 23.5 Å². The Kier molecular flexibility index (Phi) is 6.45. The number of alkyl halides is 5. The summed E-state index contributed by atoms with van der Waals surface area (Å²) < 4.78 is 112. The van der Waals surface area contributed by atoms with Gasteiger partial charge < -0.3 is 18.9 Å². The molecule has 33 heavy (non-hydrogen) atoms. The lowest BCUT2D eigenvalue weighted by molar-refractivity contribution is -0.276. The molecule has 0 aromatic heterocycles. The van der Waals surface area contributed by atoms with Gasteiger partial charge in [0.2, 0.25) is 5.75 Å². The Labute approximate surface area is 184 Å². The van der Waals surface area contributed by atoms with Crippen LogP contribution < -0.4 is 9.47 Å². The smallest absolute Gasteiger partial charge is 0.429 e. The van der Waals surface area contributed by atoms with Crippen LogP contribution in [0.4, 0.5) is 30.7 Å². The number of rotatable bonds is 6. The second kappa shape index (κ2) is 9.02. The molecule has 0 radical (unpaired) electrons. The lowest BCUT2D eigenvalue weighted by atomic mass is 9.76. The molecular weight excluding hydrogens is 461 g/mol. The first-order valence-corrected chi connectivity index (χ1v) is 10.2. The zero-order valence-corrected chi connectivity index (χ0v) is 17.0. The van der Waals surface area contributed by atoms with Gasteiger partial charge in [0, 0.05) is 23.6 Å². The summed E-state index contributed by atoms with van der Waals surface area (Å²) in [5, 5.41) is 0. The summed E-state index contributed by atoms with van der Waals surface area (Å²) in [6.45, 7) is 1.03. The number of hydrogen-bond donors (Lipinski definition) is 0. The van der Waals surface area contributed by atoms with E-state index in [9.17, 15) is 30.7 Å². The minimum Gasteiger partial charge on any atom is -0.429 e. The Bertz CT molecular complexity index is 943. The molecular formula is C22H19F7O4. The van der Waals surface area contributed by atoms with E-state index < -0.39 is 47.5 Å². The number of benzene rings is 2. The van der Waals surface area contributed by atoms with Crippen molar-refractivity contribution in [2.45, 2.75) is 38.0 Å². The van der Waals surface area contributed by atoms with Crippen molar-refractivity contribution in [2.24, 2.45) is 11.8 Å². The maximum Gasteiger partial charge on any atom is 0.573 e. The Hall–Kier alpha value is -2.53. The molecule has 0 unspecified atom stereocenters. The van der Waals surface area contributed by atoms with Gasteiger partial charge in [-0.1, -0.05) is 31.4 Å². The zero-order chi connectivity index (χ0) is 23.8. The third-order valence-electron chi connectivity index (χ3n) is 5.69. The molecule has 0 atom stereocenters. The molecule has 4 nitrogen and oxygen atoms in total. The molecule has 1 saturated carbocycles. The molecule has 1 aliphatic heterocycles. The van der Waals surface area contributed by atoms with Gasteiger partial charge >= 0.3 is 12.5 Å². The van der Waals surface area contributed by atoms with E-state index in [-0.39, 0.29) is 12.1 Å². The van der Waals surface area contributed by atoms with E-state index in [2.05, 4.69) is 9.47 Å². The Morgan fingerprint density at radius 3 is 1.85 bits per heavy atom. The van der Waals surface area contributed by atoms with Gasteiger partial charge in [0.25, 0.3) is 0 Å². The normalized spacial score (nSPS) is 22.0. The highest BCUT2D eigenvalue weighted by Crippen LogP contribution is 2.39. The Balaban J connectivity index is 1.41. The number of hydrogen-bond acceptors (Lipinski definition) is 4. The lowest BCUT2D eigenvalue weighted by Crippen LogP contribution is -2.35. The molecule has 2 aromatic carbocycles. The molecule has 2 fully saturated rings. The van der Waals surface area contributed by atoms with Gasteiger partial charge in [-0.05, 0) is 18.1 Å². The van der Waals surface area contributed by atoms with Crippen LogP contribution in [0.15, 0.2) is 36.4 Å². The van der Waals surface area contributed by atoms with Crippen LogP contribution in [0.5, 0.6) is 11.5 Å². The van der Waals surface area contributed by atoms with Crippen LogP contribution in [-0.4, -0.2) is 19.6 Å². The first-order chi connectivity index (χ1) is 15.5. The molecule has 1 aliphatic carbocycles. The molecule has 2 aliphatic rings. The summed E-state index contributed by atoms with van der Waals surface area (Å²) in [4.78, 5) is 0. The van der Waals surface area contributed by atoms with E-state index in [4.69, 9.17) is 9.47 Å². The first-order valence-electron chi connectivity index (χ1n) is 10.2. The van der Waals surface area contributed by atoms with Crippen LogP contribution in [0.1, 0.15) is 36.7 Å². The van der Waals surface area contributed by atoms with Crippen LogP contribution in [0.2, 0.25) is 0 Å². The van der Waals surface area contributed by atoms with Gasteiger partial charge in [-0.15, -0.1) is 13.2 Å². The maximum absolute atomic E-state index is 14.5. The van der Waals surface area contributed by atoms with E-state index in [1.165, 1.54) is 18.6 Å². The van der Waals surface area contributed by atoms with Crippen molar-refractivity contribution in [3.05, 3.63) is 59.2 Å². The fourth-order valence-electron chi connectivity index (χ4n) is 3.74. The van der Waals surface area contributed by atoms with Gasteiger partial charge in [-0.2, -0.15) is 8.78 Å². The van der Waals surface area contributed by atoms with E-state index in [1.807, 2.05) is 0 Å². The molecule has 11 heteroatoms. The predicted octanol–water partition coefficient (Wildman–Crippen LogP) is 6.45. The van der Waals surface area contributed by atoms with E-state index >= 15 is 0 Å². The van der Waals surface area contributed by atoms with Gasteiger partial charge in [0.05, 0.1) is 18.8 Å². The molecule has 1 heterocycles. The van der Waals surface area contributed by atoms with Crippen LogP contribution >= 0.6 is 0 Å². The van der Waals surface area contributed by atoms with E-state index in [0.717, 1.165) is 25.0 Å². The predicted molar refractivity (Wildman–Crippen MR) is 99.5 cm³/mol. The second-order valence-electron chi connectivity index (χ2n) is 7.95. The standard InChI is InChI=1S/C22H19F7O4/c23-17-8-16(9-18(24)19(17)33-22(27,28)29)32-21(25,26)15-6-4-13(5-7-15)20-30-10-14(11-31-20)12-2-1-3-12/h4-9,12,14,20H,1-3,10-11H2. The van der Waals surface area contributed by atoms with Crippen molar-refractivity contribution < 1.29 is 49.7 Å². The molecule has 2 aromatic rings. The lowest BCUT2D eigenvalue weighted by Gasteiger charge is -2.38. The first kappa shape index (κ1) is 23.6. The van der Waals surface area contributed by atoms with E-state index in [1.54, 1.807) is 0 Å². The fraction of sp³-hybridized carbons (Fsp3) is 0.455. The largest absolute Gasteiger partial charge is 0.573 e. The summed E-state index contributed by atoms with van der Waals surface area (Å²) in [6, 6.07) is 5.12. The molecule has 1 saturated heterocycles. The van der Waals surface area contributed by atoms with Crippen LogP contribution in [0.3, 0.4) is 0 Å². The molecule has 4 rings (SSSR count). The summed E-state index contributed by atoms with van der Waals surface area (Å²) in [6.07, 6.45) is -6.59. The highest BCUT2D eigenvalue weighted by atomic mass is 19.4. The monoisotopic (exact) mass is 480 g/mol. The zero-order valence-electron chi connectivity index (χ0n) is 17.0. The third kappa shape index (κ3) is 5.52. The van der Waals surface area contributed by atoms with Crippen molar-refractivity contribution in [2.75, 3.05) is 13.2 Å². The summed E-state index contributed by atoms with van der Waals surface area (Å²) in [7, 11) is 0. The van der Waals surface area contributed by atoms with Gasteiger partial charge in [0.15, 0.2) is 17.9 Å². The highest BCUT2D eigenvalue weighted by molar-refractivity contribution is 5.36. The van der Waals surface area contributed by atoms with Crippen LogP contribution in [-0.2, 0) is 15.6 Å². The number of halogens is 7. The molecule has 180 valence electrons. The fourth-order valence-corrected chi connectivity index (χ4v) is 3.74. The van der Waals surface area contributed by atoms with Gasteiger partial charge in [0.1, 0.15) is 5.75 Å². The summed E-state index contributed by atoms with van der Waals surface area (Å²) >= 11 is 0. The Morgan fingerprint density at radius 2 is 1.36 bits per heavy atom. The van der Waals surface area contributed by atoms with Crippen LogP contribution in [0.25, 0.3) is 0 Å².